The van der Waals surface area contributed by atoms with Gasteiger partial charge in [-0.2, -0.15) is 5.10 Å². The Morgan fingerprint density at radius 3 is 2.71 bits per heavy atom. The van der Waals surface area contributed by atoms with E-state index in [2.05, 4.69) is 58.7 Å². The smallest absolute Gasteiger partial charge is 0.130 e. The summed E-state index contributed by atoms with van der Waals surface area (Å²) in [6.45, 7) is 6.39. The van der Waals surface area contributed by atoms with Crippen LogP contribution in [-0.4, -0.2) is 48.4 Å². The monoisotopic (exact) mass is 347 g/mol. The highest BCUT2D eigenvalue weighted by molar-refractivity contribution is 7.10. The molecule has 1 N–H and O–H groups in total. The van der Waals surface area contributed by atoms with Crippen molar-refractivity contribution in [1.82, 2.24) is 20.0 Å². The van der Waals surface area contributed by atoms with Crippen molar-refractivity contribution in [1.29, 1.82) is 0 Å². The second kappa shape index (κ2) is 7.68. The maximum absolute atomic E-state index is 4.58. The summed E-state index contributed by atoms with van der Waals surface area (Å²) >= 11 is 1.87. The number of aryl methyl sites for hydroxylation is 2. The molecule has 5 nitrogen and oxygen atoms in total. The number of nitrogens with one attached hydrogen (secondary N) is 1. The number of anilines is 1. The quantitative estimate of drug-likeness (QED) is 0.835. The number of likely N-dealkylation sites (tertiary alicyclic amines) is 1. The lowest BCUT2D eigenvalue weighted by molar-refractivity contribution is 0.242. The summed E-state index contributed by atoms with van der Waals surface area (Å²) < 4.78 is 1.98. The van der Waals surface area contributed by atoms with Gasteiger partial charge in [-0.1, -0.05) is 6.07 Å². The van der Waals surface area contributed by atoms with E-state index in [0.29, 0.717) is 6.04 Å². The Morgan fingerprint density at radius 2 is 2.08 bits per heavy atom. The largest absolute Gasteiger partial charge is 0.363 e. The number of hydrogen-bond acceptors (Lipinski definition) is 5. The van der Waals surface area contributed by atoms with Crippen molar-refractivity contribution in [2.75, 3.05) is 38.6 Å². The Kier molecular flexibility index (Phi) is 5.58. The van der Waals surface area contributed by atoms with E-state index in [1.807, 2.05) is 23.1 Å². The fourth-order valence-corrected chi connectivity index (χ4v) is 4.59. The third kappa shape index (κ3) is 3.66. The number of rotatable bonds is 7. The first-order valence-corrected chi connectivity index (χ1v) is 9.64. The zero-order valence-corrected chi connectivity index (χ0v) is 16.1. The molecule has 2 aromatic heterocycles. The molecule has 1 atom stereocenters. The molecule has 2 aromatic rings. The topological polar surface area (TPSA) is 36.3 Å². The molecule has 0 unspecified atom stereocenters. The predicted octanol–water partition coefficient (Wildman–Crippen LogP) is 2.78. The SMILES string of the molecule is Cc1nn(C)c(N(C)C)c1CNC[C@H](c1cccs1)N1CCCC1. The zero-order valence-electron chi connectivity index (χ0n) is 15.2. The summed E-state index contributed by atoms with van der Waals surface area (Å²) in [6.07, 6.45) is 2.66. The number of hydrogen-bond donors (Lipinski definition) is 1. The van der Waals surface area contributed by atoms with Crippen LogP contribution in [0.25, 0.3) is 0 Å². The molecule has 1 saturated heterocycles. The lowest BCUT2D eigenvalue weighted by Crippen LogP contribution is -2.33. The summed E-state index contributed by atoms with van der Waals surface area (Å²) in [7, 11) is 6.18. The maximum Gasteiger partial charge on any atom is 0.130 e. The highest BCUT2D eigenvalue weighted by atomic mass is 32.1. The van der Waals surface area contributed by atoms with Crippen LogP contribution in [0, 0.1) is 6.92 Å². The van der Waals surface area contributed by atoms with Crippen molar-refractivity contribution in [3.63, 3.8) is 0 Å². The Labute approximate surface area is 149 Å². The fourth-order valence-electron chi connectivity index (χ4n) is 3.73. The van der Waals surface area contributed by atoms with Crippen LogP contribution >= 0.6 is 11.3 Å². The summed E-state index contributed by atoms with van der Waals surface area (Å²) in [5, 5.41) is 10.5. The molecular formula is C18H29N5S. The van der Waals surface area contributed by atoms with Crippen LogP contribution < -0.4 is 10.2 Å². The van der Waals surface area contributed by atoms with Gasteiger partial charge in [0.05, 0.1) is 11.7 Å². The van der Waals surface area contributed by atoms with Gasteiger partial charge in [0.2, 0.25) is 0 Å². The first-order chi connectivity index (χ1) is 11.6. The van der Waals surface area contributed by atoms with E-state index in [4.69, 9.17) is 0 Å². The average Bonchev–Trinajstić information content (AvgIpc) is 3.25. The van der Waals surface area contributed by atoms with Crippen LogP contribution in [0.2, 0.25) is 0 Å². The fraction of sp³-hybridized carbons (Fsp3) is 0.611. The summed E-state index contributed by atoms with van der Waals surface area (Å²) in [5.41, 5.74) is 2.41. The van der Waals surface area contributed by atoms with Crippen molar-refractivity contribution in [3.8, 4) is 0 Å². The summed E-state index contributed by atoms with van der Waals surface area (Å²) in [5.74, 6) is 1.19. The molecule has 0 aromatic carbocycles. The third-order valence-electron chi connectivity index (χ3n) is 4.83. The summed E-state index contributed by atoms with van der Waals surface area (Å²) in [4.78, 5) is 6.25. The Balaban J connectivity index is 1.68. The van der Waals surface area contributed by atoms with E-state index >= 15 is 0 Å². The molecule has 0 amide bonds. The maximum atomic E-state index is 4.58. The van der Waals surface area contributed by atoms with Crippen molar-refractivity contribution in [2.45, 2.75) is 32.4 Å². The normalized spacial score (nSPS) is 16.7. The molecule has 0 spiro atoms. The average molecular weight is 348 g/mol. The lowest BCUT2D eigenvalue weighted by atomic mass is 10.2. The van der Waals surface area contributed by atoms with Gasteiger partial charge in [-0.25, -0.2) is 0 Å². The lowest BCUT2D eigenvalue weighted by Gasteiger charge is -2.27. The summed E-state index contributed by atoms with van der Waals surface area (Å²) in [6, 6.07) is 4.93. The molecule has 1 aliphatic rings. The van der Waals surface area contributed by atoms with E-state index in [0.717, 1.165) is 18.8 Å². The molecule has 6 heteroatoms. The van der Waals surface area contributed by atoms with Gasteiger partial charge < -0.3 is 10.2 Å². The molecule has 3 rings (SSSR count). The van der Waals surface area contributed by atoms with Crippen molar-refractivity contribution < 1.29 is 0 Å². The van der Waals surface area contributed by atoms with E-state index in [1.165, 1.54) is 42.2 Å². The minimum Gasteiger partial charge on any atom is -0.363 e. The van der Waals surface area contributed by atoms with Gasteiger partial charge in [0, 0.05) is 44.7 Å². The number of aromatic nitrogens is 2. The van der Waals surface area contributed by atoms with Crippen LogP contribution in [0.15, 0.2) is 17.5 Å². The first-order valence-electron chi connectivity index (χ1n) is 8.76. The minimum absolute atomic E-state index is 0.493. The van der Waals surface area contributed by atoms with E-state index in [9.17, 15) is 0 Å². The number of nitrogens with zero attached hydrogens (tertiary/aromatic N) is 4. The molecule has 0 aliphatic carbocycles. The molecule has 132 valence electrons. The predicted molar refractivity (Wildman–Crippen MR) is 102 cm³/mol. The Bertz CT molecular complexity index is 641. The van der Waals surface area contributed by atoms with Gasteiger partial charge in [-0.15, -0.1) is 11.3 Å². The molecule has 24 heavy (non-hydrogen) atoms. The van der Waals surface area contributed by atoms with Crippen LogP contribution in [0.1, 0.15) is 35.0 Å². The van der Waals surface area contributed by atoms with Crippen molar-refractivity contribution >= 4 is 17.2 Å². The molecule has 0 saturated carbocycles. The third-order valence-corrected chi connectivity index (χ3v) is 5.80. The van der Waals surface area contributed by atoms with Crippen LogP contribution in [0.5, 0.6) is 0 Å². The highest BCUT2D eigenvalue weighted by Crippen LogP contribution is 2.28. The van der Waals surface area contributed by atoms with Gasteiger partial charge in [-0.05, 0) is 44.3 Å². The standard InChI is InChI=1S/C18H29N5S/c1-14-15(18(21(2)3)22(4)20-14)12-19-13-16(17-8-7-11-24-17)23-9-5-6-10-23/h7-8,11,16,19H,5-6,9-10,12-13H2,1-4H3/t16-/m1/s1. The van der Waals surface area contributed by atoms with Gasteiger partial charge in [0.15, 0.2) is 0 Å². The van der Waals surface area contributed by atoms with Gasteiger partial charge in [0.1, 0.15) is 5.82 Å². The Morgan fingerprint density at radius 1 is 1.33 bits per heavy atom. The minimum atomic E-state index is 0.493. The second-order valence-corrected chi connectivity index (χ2v) is 7.79. The van der Waals surface area contributed by atoms with Crippen LogP contribution in [0.3, 0.4) is 0 Å². The van der Waals surface area contributed by atoms with Crippen molar-refractivity contribution in [3.05, 3.63) is 33.6 Å². The molecule has 0 bridgehead atoms. The van der Waals surface area contributed by atoms with Crippen LogP contribution in [0.4, 0.5) is 5.82 Å². The van der Waals surface area contributed by atoms with Gasteiger partial charge in [0.25, 0.3) is 0 Å². The first kappa shape index (κ1) is 17.5. The Hall–Kier alpha value is -1.37. The number of thiophene rings is 1. The molecule has 1 fully saturated rings. The van der Waals surface area contributed by atoms with Crippen molar-refractivity contribution in [2.24, 2.45) is 7.05 Å². The van der Waals surface area contributed by atoms with Gasteiger partial charge >= 0.3 is 0 Å². The van der Waals surface area contributed by atoms with E-state index in [1.54, 1.807) is 0 Å². The van der Waals surface area contributed by atoms with E-state index in [-0.39, 0.29) is 0 Å². The molecule has 0 radical (unpaired) electrons. The van der Waals surface area contributed by atoms with Crippen LogP contribution in [-0.2, 0) is 13.6 Å². The second-order valence-electron chi connectivity index (χ2n) is 6.81. The molecule has 1 aliphatic heterocycles. The zero-order chi connectivity index (χ0) is 17.1. The highest BCUT2D eigenvalue weighted by Gasteiger charge is 2.24. The molecular weight excluding hydrogens is 318 g/mol. The molecule has 3 heterocycles. The van der Waals surface area contributed by atoms with E-state index < -0.39 is 0 Å². The van der Waals surface area contributed by atoms with Gasteiger partial charge in [-0.3, -0.25) is 9.58 Å².